The van der Waals surface area contributed by atoms with Gasteiger partial charge in [-0.15, -0.1) is 0 Å². The highest BCUT2D eigenvalue weighted by Crippen LogP contribution is 2.29. The minimum atomic E-state index is -0.0854. The molecule has 0 aliphatic heterocycles. The smallest absolute Gasteiger partial charge is 0.137 e. The summed E-state index contributed by atoms with van der Waals surface area (Å²) in [6.07, 6.45) is 5.35. The molecule has 19 heavy (non-hydrogen) atoms. The summed E-state index contributed by atoms with van der Waals surface area (Å²) in [5.41, 5.74) is -0.0854. The van der Waals surface area contributed by atoms with Gasteiger partial charge in [0.15, 0.2) is 0 Å². The molecule has 1 atom stereocenters. The van der Waals surface area contributed by atoms with Crippen LogP contribution in [0.4, 0.5) is 5.82 Å². The van der Waals surface area contributed by atoms with Crippen molar-refractivity contribution in [2.45, 2.75) is 64.8 Å². The number of hydrogen-bond acceptors (Lipinski definition) is 3. The molecule has 1 aromatic heterocycles. The average molecular weight is 282 g/mol. The first kappa shape index (κ1) is 14.6. The lowest BCUT2D eigenvalue weighted by Gasteiger charge is -2.23. The normalized spacial score (nSPS) is 18.6. The quantitative estimate of drug-likeness (QED) is 0.834. The summed E-state index contributed by atoms with van der Waals surface area (Å²) in [5.74, 6) is 2.40. The third kappa shape index (κ3) is 3.82. The van der Waals surface area contributed by atoms with Crippen LogP contribution < -0.4 is 5.32 Å². The van der Waals surface area contributed by atoms with E-state index in [1.165, 1.54) is 25.7 Å². The van der Waals surface area contributed by atoms with Crippen molar-refractivity contribution in [3.8, 4) is 0 Å². The van der Waals surface area contributed by atoms with E-state index < -0.39 is 0 Å². The Morgan fingerprint density at radius 1 is 1.26 bits per heavy atom. The predicted octanol–water partition coefficient (Wildman–Crippen LogP) is 4.42. The van der Waals surface area contributed by atoms with Crippen LogP contribution in [0, 0.1) is 5.92 Å². The number of hydrogen-bond donors (Lipinski definition) is 1. The van der Waals surface area contributed by atoms with E-state index >= 15 is 0 Å². The molecule has 0 aromatic carbocycles. The predicted molar refractivity (Wildman–Crippen MR) is 80.8 cm³/mol. The summed E-state index contributed by atoms with van der Waals surface area (Å²) in [5, 5.41) is 4.02. The largest absolute Gasteiger partial charge is 0.367 e. The van der Waals surface area contributed by atoms with Gasteiger partial charge in [0.05, 0.1) is 0 Å². The fourth-order valence-corrected chi connectivity index (χ4v) is 2.82. The third-order valence-electron chi connectivity index (χ3n) is 3.85. The van der Waals surface area contributed by atoms with E-state index in [2.05, 4.69) is 43.0 Å². The second-order valence-corrected chi connectivity index (χ2v) is 7.01. The fourth-order valence-electron chi connectivity index (χ4n) is 2.64. The summed E-state index contributed by atoms with van der Waals surface area (Å²) in [7, 11) is 0. The molecule has 4 heteroatoms. The minimum absolute atomic E-state index is 0.0854. The zero-order valence-electron chi connectivity index (χ0n) is 12.3. The Labute approximate surface area is 121 Å². The van der Waals surface area contributed by atoms with Gasteiger partial charge in [-0.2, -0.15) is 0 Å². The number of anilines is 1. The van der Waals surface area contributed by atoms with Crippen LogP contribution in [0.2, 0.25) is 5.15 Å². The van der Waals surface area contributed by atoms with Crippen molar-refractivity contribution in [3.63, 3.8) is 0 Å². The van der Waals surface area contributed by atoms with Gasteiger partial charge in [0, 0.05) is 17.5 Å². The van der Waals surface area contributed by atoms with Gasteiger partial charge in [0.1, 0.15) is 16.8 Å². The van der Waals surface area contributed by atoms with Crippen molar-refractivity contribution < 1.29 is 0 Å². The zero-order valence-corrected chi connectivity index (χ0v) is 13.1. The van der Waals surface area contributed by atoms with E-state index in [0.29, 0.717) is 11.2 Å². The molecule has 0 bridgehead atoms. The second-order valence-electron chi connectivity index (χ2n) is 6.63. The van der Waals surface area contributed by atoms with Crippen LogP contribution >= 0.6 is 11.6 Å². The van der Waals surface area contributed by atoms with Crippen molar-refractivity contribution in [1.29, 1.82) is 0 Å². The van der Waals surface area contributed by atoms with Crippen molar-refractivity contribution in [3.05, 3.63) is 17.0 Å². The van der Waals surface area contributed by atoms with Gasteiger partial charge >= 0.3 is 0 Å². The molecular weight excluding hydrogens is 258 g/mol. The molecule has 0 amide bonds. The van der Waals surface area contributed by atoms with E-state index in [0.717, 1.165) is 17.6 Å². The van der Waals surface area contributed by atoms with E-state index in [4.69, 9.17) is 11.6 Å². The van der Waals surface area contributed by atoms with E-state index in [1.807, 2.05) is 6.07 Å². The second kappa shape index (κ2) is 5.66. The molecule has 106 valence electrons. The number of nitrogens with zero attached hydrogens (tertiary/aromatic N) is 2. The van der Waals surface area contributed by atoms with Gasteiger partial charge in [0.2, 0.25) is 0 Å². The fraction of sp³-hybridized carbons (Fsp3) is 0.733. The van der Waals surface area contributed by atoms with Crippen molar-refractivity contribution in [2.24, 2.45) is 5.92 Å². The molecule has 0 radical (unpaired) electrons. The van der Waals surface area contributed by atoms with Crippen LogP contribution in [0.3, 0.4) is 0 Å². The van der Waals surface area contributed by atoms with Gasteiger partial charge < -0.3 is 5.32 Å². The Kier molecular flexibility index (Phi) is 4.34. The van der Waals surface area contributed by atoms with Crippen LogP contribution in [0.1, 0.15) is 59.2 Å². The van der Waals surface area contributed by atoms with E-state index in [1.54, 1.807) is 0 Å². The molecule has 1 saturated carbocycles. The Hall–Kier alpha value is -0.830. The monoisotopic (exact) mass is 281 g/mol. The first-order valence-corrected chi connectivity index (χ1v) is 7.55. The topological polar surface area (TPSA) is 37.8 Å². The summed E-state index contributed by atoms with van der Waals surface area (Å²) in [6.45, 7) is 8.54. The molecule has 1 aromatic rings. The highest BCUT2D eigenvalue weighted by atomic mass is 35.5. The number of rotatable bonds is 3. The van der Waals surface area contributed by atoms with Gasteiger partial charge in [0.25, 0.3) is 0 Å². The highest BCUT2D eigenvalue weighted by molar-refractivity contribution is 6.29. The Morgan fingerprint density at radius 2 is 1.89 bits per heavy atom. The van der Waals surface area contributed by atoms with Crippen LogP contribution in [0.15, 0.2) is 6.07 Å². The maximum absolute atomic E-state index is 6.11. The van der Waals surface area contributed by atoms with Crippen LogP contribution in [0.25, 0.3) is 0 Å². The Balaban J connectivity index is 2.13. The van der Waals surface area contributed by atoms with E-state index in [9.17, 15) is 0 Å². The summed E-state index contributed by atoms with van der Waals surface area (Å²) in [6, 6.07) is 2.27. The molecule has 1 aliphatic carbocycles. The summed E-state index contributed by atoms with van der Waals surface area (Å²) >= 11 is 6.11. The number of aromatic nitrogens is 2. The van der Waals surface area contributed by atoms with Crippen molar-refractivity contribution in [1.82, 2.24) is 9.97 Å². The van der Waals surface area contributed by atoms with E-state index in [-0.39, 0.29) is 5.41 Å². The molecule has 1 aliphatic rings. The molecule has 3 nitrogen and oxygen atoms in total. The maximum Gasteiger partial charge on any atom is 0.137 e. The number of nitrogens with one attached hydrogen (secondary N) is 1. The Bertz CT molecular complexity index is 434. The molecule has 1 heterocycles. The lowest BCUT2D eigenvalue weighted by Crippen LogP contribution is -2.25. The molecule has 1 fully saturated rings. The molecule has 1 N–H and O–H groups in total. The van der Waals surface area contributed by atoms with Gasteiger partial charge in [-0.1, -0.05) is 45.2 Å². The molecule has 2 rings (SSSR count). The first-order valence-electron chi connectivity index (χ1n) is 7.18. The first-order chi connectivity index (χ1) is 8.86. The SMILES string of the molecule is CC(Nc1cc(Cl)nc(C(C)(C)C)n1)C1CCCC1. The standard InChI is InChI=1S/C15H24ClN3/c1-10(11-7-5-6-8-11)17-13-9-12(16)18-14(19-13)15(2,3)4/h9-11H,5-8H2,1-4H3,(H,17,18,19). The molecule has 0 spiro atoms. The zero-order chi connectivity index (χ0) is 14.0. The van der Waals surface area contributed by atoms with Crippen LogP contribution in [-0.4, -0.2) is 16.0 Å². The molecular formula is C15H24ClN3. The Morgan fingerprint density at radius 3 is 2.47 bits per heavy atom. The third-order valence-corrected chi connectivity index (χ3v) is 4.04. The minimum Gasteiger partial charge on any atom is -0.367 e. The van der Waals surface area contributed by atoms with Gasteiger partial charge in [-0.05, 0) is 25.7 Å². The van der Waals surface area contributed by atoms with Crippen molar-refractivity contribution in [2.75, 3.05) is 5.32 Å². The highest BCUT2D eigenvalue weighted by Gasteiger charge is 2.23. The van der Waals surface area contributed by atoms with Gasteiger partial charge in [-0.3, -0.25) is 0 Å². The summed E-state index contributed by atoms with van der Waals surface area (Å²) < 4.78 is 0. The van der Waals surface area contributed by atoms with Crippen molar-refractivity contribution >= 4 is 17.4 Å². The van der Waals surface area contributed by atoms with Gasteiger partial charge in [-0.25, -0.2) is 9.97 Å². The maximum atomic E-state index is 6.11. The average Bonchev–Trinajstić information content (AvgIpc) is 2.80. The lowest BCUT2D eigenvalue weighted by atomic mass is 9.96. The molecule has 0 saturated heterocycles. The lowest BCUT2D eigenvalue weighted by molar-refractivity contribution is 0.479. The van der Waals surface area contributed by atoms with Crippen LogP contribution in [0.5, 0.6) is 0 Å². The molecule has 1 unspecified atom stereocenters. The summed E-state index contributed by atoms with van der Waals surface area (Å²) in [4.78, 5) is 8.93. The number of halogens is 1. The van der Waals surface area contributed by atoms with Crippen LogP contribution in [-0.2, 0) is 5.41 Å².